The van der Waals surface area contributed by atoms with Crippen molar-refractivity contribution in [3.8, 4) is 5.75 Å². The van der Waals surface area contributed by atoms with Crippen molar-refractivity contribution in [3.05, 3.63) is 62.2 Å². The summed E-state index contributed by atoms with van der Waals surface area (Å²) in [5, 5.41) is 0. The fraction of sp³-hybridized carbons (Fsp3) is 0.294. The Morgan fingerprint density at radius 3 is 2.67 bits per heavy atom. The minimum absolute atomic E-state index is 0.0625. The van der Waals surface area contributed by atoms with E-state index in [9.17, 15) is 0 Å². The summed E-state index contributed by atoms with van der Waals surface area (Å²) in [6, 6.07) is 12.6. The molecule has 2 aromatic carbocycles. The smallest absolute Gasteiger partial charge is 0.122 e. The van der Waals surface area contributed by atoms with E-state index >= 15 is 0 Å². The zero-order valence-corrected chi connectivity index (χ0v) is 14.8. The third kappa shape index (κ3) is 3.75. The molecule has 0 spiro atoms. The van der Waals surface area contributed by atoms with Crippen LogP contribution in [-0.2, 0) is 6.42 Å². The molecule has 0 fully saturated rings. The van der Waals surface area contributed by atoms with Gasteiger partial charge in [0.05, 0.1) is 13.2 Å². The maximum absolute atomic E-state index is 5.81. The molecule has 2 rings (SSSR count). The van der Waals surface area contributed by atoms with Gasteiger partial charge < -0.3 is 4.74 Å². The zero-order chi connectivity index (χ0) is 15.4. The van der Waals surface area contributed by atoms with E-state index in [-0.39, 0.29) is 6.04 Å². The number of hydrogen-bond acceptors (Lipinski definition) is 3. The van der Waals surface area contributed by atoms with Crippen LogP contribution in [0.5, 0.6) is 5.75 Å². The highest BCUT2D eigenvalue weighted by Crippen LogP contribution is 2.29. The molecule has 1 atom stereocenters. The van der Waals surface area contributed by atoms with Crippen molar-refractivity contribution in [1.82, 2.24) is 5.43 Å². The van der Waals surface area contributed by atoms with Crippen molar-refractivity contribution in [2.75, 3.05) is 7.11 Å². The predicted molar refractivity (Wildman–Crippen MR) is 95.4 cm³/mol. The molecule has 0 aromatic heterocycles. The van der Waals surface area contributed by atoms with Crippen LogP contribution in [0.1, 0.15) is 28.3 Å². The molecule has 3 nitrogen and oxygen atoms in total. The first kappa shape index (κ1) is 16.3. The molecule has 2 aromatic rings. The Bertz CT molecular complexity index is 628. The Hall–Kier alpha value is -1.11. The van der Waals surface area contributed by atoms with Crippen molar-refractivity contribution in [3.63, 3.8) is 0 Å². The molecule has 0 radical (unpaired) electrons. The third-order valence-corrected chi connectivity index (χ3v) is 5.13. The molecule has 0 aliphatic carbocycles. The highest BCUT2D eigenvalue weighted by atomic mass is 127. The van der Waals surface area contributed by atoms with Gasteiger partial charge >= 0.3 is 0 Å². The Labute approximate surface area is 140 Å². The second-order valence-electron chi connectivity index (χ2n) is 5.22. The lowest BCUT2D eigenvalue weighted by molar-refractivity contribution is 0.405. The number of hydrogen-bond donors (Lipinski definition) is 2. The Balaban J connectivity index is 2.35. The zero-order valence-electron chi connectivity index (χ0n) is 12.6. The predicted octanol–water partition coefficient (Wildman–Crippen LogP) is 3.66. The van der Waals surface area contributed by atoms with Gasteiger partial charge in [0.25, 0.3) is 0 Å². The maximum Gasteiger partial charge on any atom is 0.122 e. The fourth-order valence-electron chi connectivity index (χ4n) is 2.48. The number of halogens is 1. The number of nitrogens with two attached hydrogens (primary N) is 1. The molecule has 0 bridgehead atoms. The van der Waals surface area contributed by atoms with E-state index in [2.05, 4.69) is 72.2 Å². The van der Waals surface area contributed by atoms with E-state index < -0.39 is 0 Å². The summed E-state index contributed by atoms with van der Waals surface area (Å²) in [4.78, 5) is 0. The van der Waals surface area contributed by atoms with Crippen LogP contribution in [0.3, 0.4) is 0 Å². The van der Waals surface area contributed by atoms with Crippen LogP contribution in [-0.4, -0.2) is 7.11 Å². The maximum atomic E-state index is 5.81. The molecule has 0 aliphatic heterocycles. The van der Waals surface area contributed by atoms with Gasteiger partial charge in [-0.05, 0) is 65.6 Å². The Morgan fingerprint density at radius 1 is 1.24 bits per heavy atom. The average Bonchev–Trinajstić information content (AvgIpc) is 2.48. The monoisotopic (exact) mass is 396 g/mol. The minimum atomic E-state index is 0.0625. The second kappa shape index (κ2) is 7.24. The van der Waals surface area contributed by atoms with Crippen LogP contribution in [0.4, 0.5) is 0 Å². The number of benzene rings is 2. The number of rotatable bonds is 5. The summed E-state index contributed by atoms with van der Waals surface area (Å²) < 4.78 is 6.72. The molecule has 0 saturated heterocycles. The van der Waals surface area contributed by atoms with E-state index in [4.69, 9.17) is 10.6 Å². The van der Waals surface area contributed by atoms with Gasteiger partial charge in [-0.2, -0.15) is 0 Å². The summed E-state index contributed by atoms with van der Waals surface area (Å²) in [6.07, 6.45) is 0.792. The SMILES string of the molecule is COc1ccc(C)cc1CC(NN)c1cccc(C)c1I. The lowest BCUT2D eigenvalue weighted by Gasteiger charge is -2.20. The van der Waals surface area contributed by atoms with Crippen molar-refractivity contribution in [1.29, 1.82) is 0 Å². The summed E-state index contributed by atoms with van der Waals surface area (Å²) in [5.41, 5.74) is 7.82. The van der Waals surface area contributed by atoms with Crippen LogP contribution in [0.15, 0.2) is 36.4 Å². The van der Waals surface area contributed by atoms with Gasteiger partial charge in [-0.1, -0.05) is 35.9 Å². The summed E-state index contributed by atoms with van der Waals surface area (Å²) in [6.45, 7) is 4.20. The fourth-order valence-corrected chi connectivity index (χ4v) is 3.22. The van der Waals surface area contributed by atoms with Gasteiger partial charge in [0.2, 0.25) is 0 Å². The van der Waals surface area contributed by atoms with Gasteiger partial charge in [0, 0.05) is 3.57 Å². The summed E-state index contributed by atoms with van der Waals surface area (Å²) in [7, 11) is 1.70. The highest BCUT2D eigenvalue weighted by Gasteiger charge is 2.17. The number of hydrazine groups is 1. The number of aryl methyl sites for hydroxylation is 2. The molecular weight excluding hydrogens is 375 g/mol. The lowest BCUT2D eigenvalue weighted by atomic mass is 9.96. The minimum Gasteiger partial charge on any atom is -0.496 e. The number of nitrogens with one attached hydrogen (secondary N) is 1. The molecule has 21 heavy (non-hydrogen) atoms. The molecule has 112 valence electrons. The van der Waals surface area contributed by atoms with Crippen molar-refractivity contribution in [2.24, 2.45) is 5.84 Å². The molecular formula is C17H21IN2O. The first-order valence-corrected chi connectivity index (χ1v) is 7.99. The van der Waals surface area contributed by atoms with E-state index in [1.807, 2.05) is 6.07 Å². The largest absolute Gasteiger partial charge is 0.496 e. The number of methoxy groups -OCH3 is 1. The van der Waals surface area contributed by atoms with E-state index in [1.165, 1.54) is 20.3 Å². The van der Waals surface area contributed by atoms with E-state index in [0.29, 0.717) is 0 Å². The number of ether oxygens (including phenoxy) is 1. The quantitative estimate of drug-likeness (QED) is 0.461. The first-order chi connectivity index (χ1) is 10.1. The van der Waals surface area contributed by atoms with Crippen LogP contribution in [0.25, 0.3) is 0 Å². The van der Waals surface area contributed by atoms with Gasteiger partial charge in [-0.15, -0.1) is 0 Å². The van der Waals surface area contributed by atoms with Gasteiger partial charge in [0.15, 0.2) is 0 Å². The molecule has 0 heterocycles. The molecule has 0 saturated carbocycles. The van der Waals surface area contributed by atoms with Gasteiger partial charge in [0.1, 0.15) is 5.75 Å². The molecule has 0 aliphatic rings. The third-order valence-electron chi connectivity index (χ3n) is 3.66. The second-order valence-corrected chi connectivity index (χ2v) is 6.30. The van der Waals surface area contributed by atoms with Gasteiger partial charge in [-0.25, -0.2) is 0 Å². The first-order valence-electron chi connectivity index (χ1n) is 6.91. The summed E-state index contributed by atoms with van der Waals surface area (Å²) in [5.74, 6) is 6.71. The average molecular weight is 396 g/mol. The molecule has 3 N–H and O–H groups in total. The Kier molecular flexibility index (Phi) is 5.61. The van der Waals surface area contributed by atoms with Crippen molar-refractivity contribution >= 4 is 22.6 Å². The lowest BCUT2D eigenvalue weighted by Crippen LogP contribution is -2.30. The standard InChI is InChI=1S/C17H21IN2O/c1-11-7-8-16(21-3)13(9-11)10-15(20-19)14-6-4-5-12(2)17(14)18/h4-9,15,20H,10,19H2,1-3H3. The molecule has 1 unspecified atom stereocenters. The van der Waals surface area contributed by atoms with Crippen LogP contribution in [0, 0.1) is 17.4 Å². The molecule has 0 amide bonds. The molecule has 4 heteroatoms. The Morgan fingerprint density at radius 2 is 2.00 bits per heavy atom. The normalized spacial score (nSPS) is 12.2. The van der Waals surface area contributed by atoms with Crippen molar-refractivity contribution in [2.45, 2.75) is 26.3 Å². The summed E-state index contributed by atoms with van der Waals surface area (Å²) >= 11 is 2.38. The van der Waals surface area contributed by atoms with Crippen LogP contribution >= 0.6 is 22.6 Å². The highest BCUT2D eigenvalue weighted by molar-refractivity contribution is 14.1. The van der Waals surface area contributed by atoms with E-state index in [1.54, 1.807) is 7.11 Å². The van der Waals surface area contributed by atoms with Gasteiger partial charge in [-0.3, -0.25) is 11.3 Å². The van der Waals surface area contributed by atoms with E-state index in [0.717, 1.165) is 17.7 Å². The van der Waals surface area contributed by atoms with Crippen molar-refractivity contribution < 1.29 is 4.74 Å². The topological polar surface area (TPSA) is 47.3 Å². The van der Waals surface area contributed by atoms with Crippen LogP contribution < -0.4 is 16.0 Å². The van der Waals surface area contributed by atoms with Crippen LogP contribution in [0.2, 0.25) is 0 Å².